The predicted octanol–water partition coefficient (Wildman–Crippen LogP) is 3.35. The highest BCUT2D eigenvalue weighted by Gasteiger charge is 2.47. The van der Waals surface area contributed by atoms with Crippen LogP contribution in [0.5, 0.6) is 0 Å². The van der Waals surface area contributed by atoms with Crippen LogP contribution in [-0.4, -0.2) is 18.0 Å². The van der Waals surface area contributed by atoms with Gasteiger partial charge in [0.2, 0.25) is 0 Å². The molecule has 14 heavy (non-hydrogen) atoms. The maximum atomic E-state index is 5.87. The Hall–Kier alpha value is -0.0800. The van der Waals surface area contributed by atoms with Gasteiger partial charge in [-0.05, 0) is 26.2 Å². The van der Waals surface area contributed by atoms with E-state index in [2.05, 4.69) is 20.8 Å². The highest BCUT2D eigenvalue weighted by atomic mass is 16.8. The zero-order valence-corrected chi connectivity index (χ0v) is 10.2. The minimum atomic E-state index is -0.196. The average Bonchev–Trinajstić information content (AvgIpc) is 2.62. The highest BCUT2D eigenvalue weighted by Crippen LogP contribution is 2.44. The first-order valence-electron chi connectivity index (χ1n) is 5.97. The van der Waals surface area contributed by atoms with Crippen molar-refractivity contribution in [3.05, 3.63) is 0 Å². The van der Waals surface area contributed by atoms with Crippen molar-refractivity contribution < 1.29 is 9.47 Å². The zero-order chi connectivity index (χ0) is 10.8. The molecular weight excluding hydrogens is 176 g/mol. The van der Waals surface area contributed by atoms with Crippen LogP contribution in [-0.2, 0) is 9.47 Å². The Morgan fingerprint density at radius 2 is 1.50 bits per heavy atom. The Morgan fingerprint density at radius 1 is 1.00 bits per heavy atom. The molecule has 2 heteroatoms. The molecule has 1 aliphatic heterocycles. The van der Waals surface area contributed by atoms with Gasteiger partial charge in [-0.25, -0.2) is 0 Å². The second-order valence-corrected chi connectivity index (χ2v) is 4.40. The van der Waals surface area contributed by atoms with Crippen molar-refractivity contribution >= 4 is 0 Å². The van der Waals surface area contributed by atoms with Gasteiger partial charge in [0.15, 0.2) is 5.79 Å². The molecule has 2 fully saturated rings. The van der Waals surface area contributed by atoms with E-state index in [1.165, 1.54) is 6.42 Å². The Morgan fingerprint density at radius 3 is 1.86 bits per heavy atom. The summed E-state index contributed by atoms with van der Waals surface area (Å²) in [5.41, 5.74) is 0. The standard InChI is InChI=1S/C10H18O2.C2H6/c1-7-4-5-10(6-7)11-8(2)9(3)12-10;1-2/h7-9H,4-6H2,1-3H3;1-2H3/t7-,8-,9?,10?;/m1./s1. The Labute approximate surface area is 88.0 Å². The molecule has 0 aromatic carbocycles. The van der Waals surface area contributed by atoms with Gasteiger partial charge in [-0.2, -0.15) is 0 Å². The first kappa shape index (κ1) is 12.0. The molecule has 1 saturated heterocycles. The van der Waals surface area contributed by atoms with Crippen molar-refractivity contribution in [1.29, 1.82) is 0 Å². The van der Waals surface area contributed by atoms with Crippen molar-refractivity contribution in [1.82, 2.24) is 0 Å². The maximum Gasteiger partial charge on any atom is 0.169 e. The molecule has 84 valence electrons. The van der Waals surface area contributed by atoms with Crippen molar-refractivity contribution in [2.75, 3.05) is 0 Å². The monoisotopic (exact) mass is 200 g/mol. The molecule has 1 aliphatic carbocycles. The van der Waals surface area contributed by atoms with Gasteiger partial charge in [-0.3, -0.25) is 0 Å². The largest absolute Gasteiger partial charge is 0.344 e. The van der Waals surface area contributed by atoms with E-state index in [1.54, 1.807) is 0 Å². The lowest BCUT2D eigenvalue weighted by Crippen LogP contribution is -2.26. The Bertz CT molecular complexity index is 169. The smallest absolute Gasteiger partial charge is 0.169 e. The second kappa shape index (κ2) is 4.63. The van der Waals surface area contributed by atoms with Crippen molar-refractivity contribution in [3.8, 4) is 0 Å². The summed E-state index contributed by atoms with van der Waals surface area (Å²) in [6, 6.07) is 0. The molecule has 0 amide bonds. The summed E-state index contributed by atoms with van der Waals surface area (Å²) < 4.78 is 11.7. The van der Waals surface area contributed by atoms with Crippen LogP contribution < -0.4 is 0 Å². The first-order valence-corrected chi connectivity index (χ1v) is 5.97. The summed E-state index contributed by atoms with van der Waals surface area (Å²) in [4.78, 5) is 0. The summed E-state index contributed by atoms with van der Waals surface area (Å²) in [6.45, 7) is 10.5. The zero-order valence-electron chi connectivity index (χ0n) is 10.2. The van der Waals surface area contributed by atoms with Gasteiger partial charge in [-0.15, -0.1) is 0 Å². The molecule has 2 aliphatic rings. The van der Waals surface area contributed by atoms with Crippen LogP contribution in [0, 0.1) is 5.92 Å². The van der Waals surface area contributed by atoms with Crippen LogP contribution in [0.15, 0.2) is 0 Å². The van der Waals surface area contributed by atoms with E-state index >= 15 is 0 Å². The number of ether oxygens (including phenoxy) is 2. The molecule has 1 heterocycles. The van der Waals surface area contributed by atoms with E-state index in [0.29, 0.717) is 0 Å². The lowest BCUT2D eigenvalue weighted by molar-refractivity contribution is -0.168. The summed E-state index contributed by atoms with van der Waals surface area (Å²) in [6.07, 6.45) is 3.97. The fourth-order valence-electron chi connectivity index (χ4n) is 2.31. The minimum absolute atomic E-state index is 0.196. The lowest BCUT2D eigenvalue weighted by atomic mass is 10.1. The van der Waals surface area contributed by atoms with E-state index in [4.69, 9.17) is 9.47 Å². The molecule has 2 rings (SSSR count). The normalized spacial score (nSPS) is 46.5. The van der Waals surface area contributed by atoms with Gasteiger partial charge >= 0.3 is 0 Å². The van der Waals surface area contributed by atoms with Crippen LogP contribution in [0.3, 0.4) is 0 Å². The van der Waals surface area contributed by atoms with Gasteiger partial charge in [-0.1, -0.05) is 20.8 Å². The van der Waals surface area contributed by atoms with E-state index in [1.807, 2.05) is 13.8 Å². The summed E-state index contributed by atoms with van der Waals surface area (Å²) in [5, 5.41) is 0. The second-order valence-electron chi connectivity index (χ2n) is 4.40. The van der Waals surface area contributed by atoms with Gasteiger partial charge in [0, 0.05) is 12.8 Å². The summed E-state index contributed by atoms with van der Waals surface area (Å²) in [5.74, 6) is 0.570. The molecule has 2 unspecified atom stereocenters. The quantitative estimate of drug-likeness (QED) is 0.597. The van der Waals surface area contributed by atoms with Crippen molar-refractivity contribution in [2.45, 2.75) is 71.9 Å². The third-order valence-corrected chi connectivity index (χ3v) is 3.14. The maximum absolute atomic E-state index is 5.87. The van der Waals surface area contributed by atoms with E-state index < -0.39 is 0 Å². The fraction of sp³-hybridized carbons (Fsp3) is 1.00. The van der Waals surface area contributed by atoms with Crippen LogP contribution in [0.4, 0.5) is 0 Å². The van der Waals surface area contributed by atoms with E-state index in [9.17, 15) is 0 Å². The van der Waals surface area contributed by atoms with Crippen LogP contribution in [0.2, 0.25) is 0 Å². The van der Waals surface area contributed by atoms with E-state index in [0.717, 1.165) is 18.8 Å². The Balaban J connectivity index is 0.000000461. The molecule has 4 atom stereocenters. The molecular formula is C12H24O2. The molecule has 0 aromatic rings. The Kier molecular flexibility index (Phi) is 3.96. The van der Waals surface area contributed by atoms with Crippen LogP contribution in [0.25, 0.3) is 0 Å². The van der Waals surface area contributed by atoms with E-state index in [-0.39, 0.29) is 18.0 Å². The lowest BCUT2D eigenvalue weighted by Gasteiger charge is -2.22. The van der Waals surface area contributed by atoms with Crippen molar-refractivity contribution in [3.63, 3.8) is 0 Å². The van der Waals surface area contributed by atoms with Gasteiger partial charge < -0.3 is 9.47 Å². The molecule has 0 radical (unpaired) electrons. The highest BCUT2D eigenvalue weighted by molar-refractivity contribution is 4.88. The summed E-state index contributed by atoms with van der Waals surface area (Å²) in [7, 11) is 0. The third kappa shape index (κ3) is 2.29. The molecule has 0 bridgehead atoms. The van der Waals surface area contributed by atoms with Gasteiger partial charge in [0.1, 0.15) is 0 Å². The summed E-state index contributed by atoms with van der Waals surface area (Å²) >= 11 is 0. The van der Waals surface area contributed by atoms with Gasteiger partial charge in [0.25, 0.3) is 0 Å². The SMILES string of the molecule is CC.CC1OC2(CC[C@@H](C)C2)O[C@@H]1C. The third-order valence-electron chi connectivity index (χ3n) is 3.14. The predicted molar refractivity (Wildman–Crippen MR) is 58.2 cm³/mol. The number of rotatable bonds is 0. The number of hydrogen-bond acceptors (Lipinski definition) is 2. The van der Waals surface area contributed by atoms with Crippen molar-refractivity contribution in [2.24, 2.45) is 5.92 Å². The molecule has 2 nitrogen and oxygen atoms in total. The average molecular weight is 200 g/mol. The molecule has 1 spiro atoms. The molecule has 0 aromatic heterocycles. The minimum Gasteiger partial charge on any atom is -0.344 e. The van der Waals surface area contributed by atoms with Gasteiger partial charge in [0.05, 0.1) is 12.2 Å². The molecule has 1 saturated carbocycles. The number of hydrogen-bond donors (Lipinski definition) is 0. The van der Waals surface area contributed by atoms with Crippen LogP contribution in [0.1, 0.15) is 53.9 Å². The fourth-order valence-corrected chi connectivity index (χ4v) is 2.31. The first-order chi connectivity index (χ1) is 6.61. The van der Waals surface area contributed by atoms with Crippen LogP contribution >= 0.6 is 0 Å². The molecule has 0 N–H and O–H groups in total. The topological polar surface area (TPSA) is 18.5 Å².